The molecule has 1 N–H and O–H groups in total. The van der Waals surface area contributed by atoms with Gasteiger partial charge in [-0.05, 0) is 43.3 Å². The molecule has 3 heterocycles. The van der Waals surface area contributed by atoms with E-state index in [2.05, 4.69) is 15.3 Å². The van der Waals surface area contributed by atoms with Gasteiger partial charge in [-0.1, -0.05) is 37.3 Å². The van der Waals surface area contributed by atoms with Crippen LogP contribution in [0.3, 0.4) is 0 Å². The molecule has 0 aliphatic carbocycles. The second kappa shape index (κ2) is 10.8. The number of nitrogens with zero attached hydrogens (tertiary/aromatic N) is 5. The molecule has 8 nitrogen and oxygen atoms in total. The zero-order valence-corrected chi connectivity index (χ0v) is 19.4. The van der Waals surface area contributed by atoms with Crippen LogP contribution in [-0.4, -0.2) is 50.5 Å². The van der Waals surface area contributed by atoms with E-state index in [0.717, 1.165) is 5.56 Å². The van der Waals surface area contributed by atoms with Gasteiger partial charge < -0.3 is 10.2 Å². The van der Waals surface area contributed by atoms with Crippen LogP contribution in [0.5, 0.6) is 0 Å². The first-order valence-corrected chi connectivity index (χ1v) is 11.4. The Morgan fingerprint density at radius 3 is 2.53 bits per heavy atom. The zero-order chi connectivity index (χ0) is 23.9. The van der Waals surface area contributed by atoms with Crippen LogP contribution in [0.4, 0.5) is 0 Å². The smallest absolute Gasteiger partial charge is 0.263 e. The molecule has 1 aromatic carbocycles. The lowest BCUT2D eigenvalue weighted by Gasteiger charge is -2.32. The Morgan fingerprint density at radius 2 is 1.82 bits per heavy atom. The predicted octanol–water partition coefficient (Wildman–Crippen LogP) is 3.05. The Balaban J connectivity index is 1.87. The van der Waals surface area contributed by atoms with Gasteiger partial charge in [0.1, 0.15) is 5.82 Å². The minimum absolute atomic E-state index is 0.133. The molecule has 4 aromatic rings. The van der Waals surface area contributed by atoms with E-state index >= 15 is 0 Å². The van der Waals surface area contributed by atoms with E-state index in [9.17, 15) is 9.59 Å². The lowest BCUT2D eigenvalue weighted by molar-refractivity contribution is 0.0660. The quantitative estimate of drug-likeness (QED) is 0.416. The maximum absolute atomic E-state index is 13.6. The Bertz CT molecular complexity index is 1310. The van der Waals surface area contributed by atoms with Crippen molar-refractivity contribution in [2.75, 3.05) is 20.1 Å². The van der Waals surface area contributed by atoms with Gasteiger partial charge in [-0.2, -0.15) is 0 Å². The van der Waals surface area contributed by atoms with Crippen molar-refractivity contribution < 1.29 is 4.79 Å². The fourth-order valence-electron chi connectivity index (χ4n) is 4.08. The molecule has 0 saturated carbocycles. The highest BCUT2D eigenvalue weighted by Gasteiger charge is 2.29. The molecule has 174 valence electrons. The van der Waals surface area contributed by atoms with Crippen molar-refractivity contribution in [3.05, 3.63) is 100 Å². The fraction of sp³-hybridized carbons (Fsp3) is 0.269. The standard InChI is InChI=1S/C26H28N6O2/c1-3-22(31(17-16-27-2)25(33)20-11-14-28-15-12-20)24-30-23-21(10-7-13-29-23)26(34)32(24)18-19-8-5-4-6-9-19/h4-15,22,27H,3,16-18H2,1-2H3. The average Bonchev–Trinajstić information content (AvgIpc) is 2.89. The van der Waals surface area contributed by atoms with Gasteiger partial charge in [-0.15, -0.1) is 0 Å². The number of benzene rings is 1. The van der Waals surface area contributed by atoms with Gasteiger partial charge in [0.15, 0.2) is 5.65 Å². The monoisotopic (exact) mass is 456 g/mol. The summed E-state index contributed by atoms with van der Waals surface area (Å²) in [7, 11) is 1.85. The van der Waals surface area contributed by atoms with Crippen LogP contribution < -0.4 is 10.9 Å². The van der Waals surface area contributed by atoms with Crippen molar-refractivity contribution in [1.29, 1.82) is 0 Å². The number of amides is 1. The predicted molar refractivity (Wildman–Crippen MR) is 132 cm³/mol. The van der Waals surface area contributed by atoms with Gasteiger partial charge in [0.25, 0.3) is 11.5 Å². The number of carbonyl (C=O) groups excluding carboxylic acids is 1. The van der Waals surface area contributed by atoms with Gasteiger partial charge in [-0.3, -0.25) is 19.1 Å². The molecule has 0 aliphatic rings. The van der Waals surface area contributed by atoms with E-state index in [1.807, 2.05) is 44.3 Å². The Hall–Kier alpha value is -3.91. The second-order valence-corrected chi connectivity index (χ2v) is 7.98. The van der Waals surface area contributed by atoms with Crippen LogP contribution in [0.15, 0.2) is 78.0 Å². The molecular weight excluding hydrogens is 428 g/mol. The molecule has 1 atom stereocenters. The molecule has 34 heavy (non-hydrogen) atoms. The van der Waals surface area contributed by atoms with Crippen LogP contribution in [0, 0.1) is 0 Å². The molecule has 0 fully saturated rings. The first-order valence-electron chi connectivity index (χ1n) is 11.4. The number of pyridine rings is 2. The number of likely N-dealkylation sites (N-methyl/N-ethyl adjacent to an activating group) is 1. The fourth-order valence-corrected chi connectivity index (χ4v) is 4.08. The molecule has 0 saturated heterocycles. The van der Waals surface area contributed by atoms with Crippen molar-refractivity contribution in [2.24, 2.45) is 0 Å². The van der Waals surface area contributed by atoms with Gasteiger partial charge in [0.05, 0.1) is 18.0 Å². The maximum atomic E-state index is 13.6. The van der Waals surface area contributed by atoms with Crippen molar-refractivity contribution in [3.8, 4) is 0 Å². The van der Waals surface area contributed by atoms with Crippen molar-refractivity contribution in [3.63, 3.8) is 0 Å². The highest BCUT2D eigenvalue weighted by Crippen LogP contribution is 2.25. The first-order chi connectivity index (χ1) is 16.6. The minimum Gasteiger partial charge on any atom is -0.327 e. The number of aromatic nitrogens is 4. The number of carbonyl (C=O) groups is 1. The molecule has 1 unspecified atom stereocenters. The van der Waals surface area contributed by atoms with E-state index < -0.39 is 6.04 Å². The number of nitrogens with one attached hydrogen (secondary N) is 1. The minimum atomic E-state index is -0.420. The summed E-state index contributed by atoms with van der Waals surface area (Å²) in [6.45, 7) is 3.41. The van der Waals surface area contributed by atoms with Crippen molar-refractivity contribution in [1.82, 2.24) is 29.7 Å². The van der Waals surface area contributed by atoms with Crippen LogP contribution in [0.1, 0.15) is 41.1 Å². The molecule has 0 spiro atoms. The lowest BCUT2D eigenvalue weighted by atomic mass is 10.1. The van der Waals surface area contributed by atoms with Gasteiger partial charge in [-0.25, -0.2) is 9.97 Å². The number of hydrogen-bond donors (Lipinski definition) is 1. The normalized spacial score (nSPS) is 11.9. The molecule has 4 rings (SSSR count). The Kier molecular flexibility index (Phi) is 7.39. The van der Waals surface area contributed by atoms with E-state index in [1.54, 1.807) is 52.3 Å². The summed E-state index contributed by atoms with van der Waals surface area (Å²) >= 11 is 0. The topological polar surface area (TPSA) is 93.0 Å². The highest BCUT2D eigenvalue weighted by molar-refractivity contribution is 5.94. The third-order valence-electron chi connectivity index (χ3n) is 5.79. The van der Waals surface area contributed by atoms with Crippen LogP contribution in [0.2, 0.25) is 0 Å². The molecule has 0 bridgehead atoms. The lowest BCUT2D eigenvalue weighted by Crippen LogP contribution is -2.42. The highest BCUT2D eigenvalue weighted by atomic mass is 16.2. The number of rotatable bonds is 9. The van der Waals surface area contributed by atoms with Crippen LogP contribution in [0.25, 0.3) is 11.0 Å². The summed E-state index contributed by atoms with van der Waals surface area (Å²) in [5.74, 6) is 0.396. The Morgan fingerprint density at radius 1 is 1.06 bits per heavy atom. The van der Waals surface area contributed by atoms with Gasteiger partial charge >= 0.3 is 0 Å². The second-order valence-electron chi connectivity index (χ2n) is 7.98. The third-order valence-corrected chi connectivity index (χ3v) is 5.79. The Labute approximate surface area is 198 Å². The van der Waals surface area contributed by atoms with E-state index in [-0.39, 0.29) is 11.5 Å². The van der Waals surface area contributed by atoms with Crippen molar-refractivity contribution >= 4 is 16.9 Å². The molecule has 3 aromatic heterocycles. The maximum Gasteiger partial charge on any atom is 0.263 e. The zero-order valence-electron chi connectivity index (χ0n) is 19.4. The molecule has 8 heteroatoms. The van der Waals surface area contributed by atoms with Crippen LogP contribution in [-0.2, 0) is 6.54 Å². The largest absolute Gasteiger partial charge is 0.327 e. The number of hydrogen-bond acceptors (Lipinski definition) is 6. The summed E-state index contributed by atoms with van der Waals surface area (Å²) in [6.07, 6.45) is 5.42. The average molecular weight is 457 g/mol. The third kappa shape index (κ3) is 4.87. The summed E-state index contributed by atoms with van der Waals surface area (Å²) < 4.78 is 1.68. The first kappa shape index (κ1) is 23.3. The van der Waals surface area contributed by atoms with E-state index in [0.29, 0.717) is 48.5 Å². The van der Waals surface area contributed by atoms with Crippen LogP contribution >= 0.6 is 0 Å². The molecule has 0 radical (unpaired) electrons. The molecule has 1 amide bonds. The summed E-state index contributed by atoms with van der Waals surface area (Å²) in [6, 6.07) is 16.2. The SMILES string of the molecule is CCC(c1nc2ncccc2c(=O)n1Cc1ccccc1)N(CCNC)C(=O)c1ccncc1. The number of fused-ring (bicyclic) bond motifs is 1. The molecular formula is C26H28N6O2. The van der Waals surface area contributed by atoms with Gasteiger partial charge in [0, 0.05) is 37.2 Å². The van der Waals surface area contributed by atoms with Crippen molar-refractivity contribution in [2.45, 2.75) is 25.9 Å². The summed E-state index contributed by atoms with van der Waals surface area (Å²) in [5.41, 5.74) is 1.74. The molecule has 0 aliphatic heterocycles. The summed E-state index contributed by atoms with van der Waals surface area (Å²) in [4.78, 5) is 42.2. The van der Waals surface area contributed by atoms with Gasteiger partial charge in [0.2, 0.25) is 0 Å². The van der Waals surface area contributed by atoms with E-state index in [1.165, 1.54) is 0 Å². The van der Waals surface area contributed by atoms with E-state index in [4.69, 9.17) is 4.98 Å². The summed E-state index contributed by atoms with van der Waals surface area (Å²) in [5, 5.41) is 3.58.